The first-order valence-corrected chi connectivity index (χ1v) is 14.9. The average Bonchev–Trinajstić information content (AvgIpc) is 2.93. The van der Waals surface area contributed by atoms with Crippen LogP contribution in [0.1, 0.15) is 37.8 Å². The van der Waals surface area contributed by atoms with Gasteiger partial charge in [0.25, 0.3) is 10.0 Å². The van der Waals surface area contributed by atoms with Gasteiger partial charge in [0.05, 0.1) is 10.6 Å². The molecule has 1 unspecified atom stereocenters. The van der Waals surface area contributed by atoms with Crippen LogP contribution in [0, 0.1) is 6.92 Å². The van der Waals surface area contributed by atoms with Crippen molar-refractivity contribution < 1.29 is 18.0 Å². The molecular weight excluding hydrogens is 557 g/mol. The standard InChI is InChI=1S/C29H33Cl2N3O4S/c1-4-17-32-29(36)26(5-2)33(19-22-11-9-10-14-25(22)31)28(35)20-34(27-18-23(30)16-15-21(27)3)39(37,38)24-12-7-6-8-13-24/h6-16,18,26H,4-5,17,19-20H2,1-3H3,(H,32,36). The summed E-state index contributed by atoms with van der Waals surface area (Å²) < 4.78 is 28.8. The van der Waals surface area contributed by atoms with Crippen LogP contribution >= 0.6 is 23.2 Å². The van der Waals surface area contributed by atoms with E-state index in [1.165, 1.54) is 23.1 Å². The van der Waals surface area contributed by atoms with Crippen molar-refractivity contribution in [2.75, 3.05) is 17.4 Å². The van der Waals surface area contributed by atoms with Gasteiger partial charge in [0.15, 0.2) is 0 Å². The number of carbonyl (C=O) groups is 2. The van der Waals surface area contributed by atoms with Gasteiger partial charge < -0.3 is 10.2 Å². The van der Waals surface area contributed by atoms with Gasteiger partial charge in [-0.15, -0.1) is 0 Å². The molecule has 0 radical (unpaired) electrons. The van der Waals surface area contributed by atoms with Gasteiger partial charge in [-0.2, -0.15) is 0 Å². The second-order valence-corrected chi connectivity index (χ2v) is 11.8. The molecular formula is C29H33Cl2N3O4S. The van der Waals surface area contributed by atoms with E-state index >= 15 is 0 Å². The summed E-state index contributed by atoms with van der Waals surface area (Å²) >= 11 is 12.7. The second kappa shape index (κ2) is 13.8. The summed E-state index contributed by atoms with van der Waals surface area (Å²) in [6, 6.07) is 19.0. The number of nitrogens with one attached hydrogen (secondary N) is 1. The van der Waals surface area contributed by atoms with Crippen LogP contribution in [0.15, 0.2) is 77.7 Å². The van der Waals surface area contributed by atoms with Gasteiger partial charge in [0, 0.05) is 23.1 Å². The molecule has 0 aliphatic rings. The maximum Gasteiger partial charge on any atom is 0.264 e. The highest BCUT2D eigenvalue weighted by molar-refractivity contribution is 7.92. The summed E-state index contributed by atoms with van der Waals surface area (Å²) in [4.78, 5) is 28.6. The zero-order chi connectivity index (χ0) is 28.6. The predicted molar refractivity (Wildman–Crippen MR) is 157 cm³/mol. The first kappa shape index (κ1) is 30.5. The third-order valence-corrected chi connectivity index (χ3v) is 8.66. The summed E-state index contributed by atoms with van der Waals surface area (Å²) in [5, 5.41) is 3.63. The van der Waals surface area contributed by atoms with E-state index in [0.717, 1.165) is 10.7 Å². The normalized spacial score (nSPS) is 12.0. The number of hydrogen-bond donors (Lipinski definition) is 1. The molecule has 10 heteroatoms. The molecule has 0 aliphatic carbocycles. The van der Waals surface area contributed by atoms with Crippen molar-refractivity contribution in [2.45, 2.75) is 51.1 Å². The van der Waals surface area contributed by atoms with Gasteiger partial charge in [-0.25, -0.2) is 8.42 Å². The highest BCUT2D eigenvalue weighted by Crippen LogP contribution is 2.30. The number of halogens is 2. The minimum absolute atomic E-state index is 0.0301. The molecule has 39 heavy (non-hydrogen) atoms. The van der Waals surface area contributed by atoms with Gasteiger partial charge >= 0.3 is 0 Å². The fourth-order valence-corrected chi connectivity index (χ4v) is 6.03. The Balaban J connectivity index is 2.09. The van der Waals surface area contributed by atoms with Crippen LogP contribution in [0.3, 0.4) is 0 Å². The van der Waals surface area contributed by atoms with E-state index in [1.807, 2.05) is 13.8 Å². The van der Waals surface area contributed by atoms with Gasteiger partial charge in [0.2, 0.25) is 11.8 Å². The van der Waals surface area contributed by atoms with E-state index in [0.29, 0.717) is 34.1 Å². The lowest BCUT2D eigenvalue weighted by Gasteiger charge is -2.33. The molecule has 3 aromatic rings. The maximum absolute atomic E-state index is 14.1. The largest absolute Gasteiger partial charge is 0.354 e. The zero-order valence-electron chi connectivity index (χ0n) is 22.2. The fraction of sp³-hybridized carbons (Fsp3) is 0.310. The summed E-state index contributed by atoms with van der Waals surface area (Å²) in [6.07, 6.45) is 1.06. The number of hydrogen-bond acceptors (Lipinski definition) is 4. The van der Waals surface area contributed by atoms with Crippen molar-refractivity contribution in [3.8, 4) is 0 Å². The van der Waals surface area contributed by atoms with E-state index in [4.69, 9.17) is 23.2 Å². The first-order valence-electron chi connectivity index (χ1n) is 12.7. The molecule has 7 nitrogen and oxygen atoms in total. The number of rotatable bonds is 12. The monoisotopic (exact) mass is 589 g/mol. The number of sulfonamides is 1. The minimum Gasteiger partial charge on any atom is -0.354 e. The maximum atomic E-state index is 14.1. The quantitative estimate of drug-likeness (QED) is 0.288. The third kappa shape index (κ3) is 7.53. The Morgan fingerprint density at radius 2 is 1.62 bits per heavy atom. The van der Waals surface area contributed by atoms with Crippen LogP contribution in [-0.4, -0.2) is 44.3 Å². The molecule has 0 aromatic heterocycles. The number of aryl methyl sites for hydroxylation is 1. The van der Waals surface area contributed by atoms with Crippen LogP contribution in [-0.2, 0) is 26.2 Å². The van der Waals surface area contributed by atoms with Gasteiger partial charge in [-0.3, -0.25) is 13.9 Å². The van der Waals surface area contributed by atoms with Crippen molar-refractivity contribution in [3.05, 3.63) is 94.0 Å². The summed E-state index contributed by atoms with van der Waals surface area (Å²) in [6.45, 7) is 5.44. The van der Waals surface area contributed by atoms with Crippen molar-refractivity contribution in [2.24, 2.45) is 0 Å². The van der Waals surface area contributed by atoms with Crippen LogP contribution in [0.5, 0.6) is 0 Å². The molecule has 3 rings (SSSR count). The smallest absolute Gasteiger partial charge is 0.264 e. The predicted octanol–water partition coefficient (Wildman–Crippen LogP) is 5.83. The highest BCUT2D eigenvalue weighted by Gasteiger charge is 2.34. The van der Waals surface area contributed by atoms with Gasteiger partial charge in [0.1, 0.15) is 12.6 Å². The minimum atomic E-state index is -4.17. The molecule has 3 aromatic carbocycles. The molecule has 1 N–H and O–H groups in total. The molecule has 2 amide bonds. The molecule has 1 atom stereocenters. The van der Waals surface area contributed by atoms with E-state index in [2.05, 4.69) is 5.32 Å². The fourth-order valence-electron chi connectivity index (χ4n) is 4.18. The van der Waals surface area contributed by atoms with Gasteiger partial charge in [-0.1, -0.05) is 79.5 Å². The lowest BCUT2D eigenvalue weighted by Crippen LogP contribution is -2.52. The summed E-state index contributed by atoms with van der Waals surface area (Å²) in [5.74, 6) is -0.858. The summed E-state index contributed by atoms with van der Waals surface area (Å²) in [5.41, 5.74) is 1.55. The van der Waals surface area contributed by atoms with E-state index in [1.54, 1.807) is 61.5 Å². The van der Waals surface area contributed by atoms with Crippen molar-refractivity contribution in [3.63, 3.8) is 0 Å². The van der Waals surface area contributed by atoms with Crippen molar-refractivity contribution in [1.82, 2.24) is 10.2 Å². The molecule has 0 spiro atoms. The lowest BCUT2D eigenvalue weighted by molar-refractivity contribution is -0.140. The molecule has 0 fully saturated rings. The van der Waals surface area contributed by atoms with E-state index < -0.39 is 28.5 Å². The first-order chi connectivity index (χ1) is 18.6. The van der Waals surface area contributed by atoms with Crippen LogP contribution in [0.25, 0.3) is 0 Å². The van der Waals surface area contributed by atoms with Crippen molar-refractivity contribution in [1.29, 1.82) is 0 Å². The Morgan fingerprint density at radius 3 is 2.26 bits per heavy atom. The Morgan fingerprint density at radius 1 is 0.949 bits per heavy atom. The molecule has 0 bridgehead atoms. The van der Waals surface area contributed by atoms with E-state index in [9.17, 15) is 18.0 Å². The molecule has 0 aliphatic heterocycles. The van der Waals surface area contributed by atoms with Crippen LogP contribution < -0.4 is 9.62 Å². The summed E-state index contributed by atoms with van der Waals surface area (Å²) in [7, 11) is -4.17. The van der Waals surface area contributed by atoms with E-state index in [-0.39, 0.29) is 23.0 Å². The number of amides is 2. The lowest BCUT2D eigenvalue weighted by atomic mass is 10.1. The molecule has 0 heterocycles. The number of benzene rings is 3. The molecule has 0 saturated carbocycles. The Bertz CT molecular complexity index is 1400. The number of nitrogens with zero attached hydrogens (tertiary/aromatic N) is 2. The zero-order valence-corrected chi connectivity index (χ0v) is 24.6. The third-order valence-electron chi connectivity index (χ3n) is 6.28. The average molecular weight is 591 g/mol. The van der Waals surface area contributed by atoms with Crippen molar-refractivity contribution >= 4 is 50.7 Å². The number of carbonyl (C=O) groups excluding carboxylic acids is 2. The molecule has 208 valence electrons. The SMILES string of the molecule is CCCNC(=O)C(CC)N(Cc1ccccc1Cl)C(=O)CN(c1cc(Cl)ccc1C)S(=O)(=O)c1ccccc1. The Hall–Kier alpha value is -3.07. The molecule has 0 saturated heterocycles. The second-order valence-electron chi connectivity index (χ2n) is 9.08. The van der Waals surface area contributed by atoms with Crippen LogP contribution in [0.4, 0.5) is 5.69 Å². The Kier molecular flexibility index (Phi) is 10.8. The Labute approximate surface area is 240 Å². The highest BCUT2D eigenvalue weighted by atomic mass is 35.5. The number of anilines is 1. The topological polar surface area (TPSA) is 86.8 Å². The van der Waals surface area contributed by atoms with Gasteiger partial charge in [-0.05, 0) is 61.2 Å². The van der Waals surface area contributed by atoms with Crippen LogP contribution in [0.2, 0.25) is 10.0 Å².